The normalized spacial score (nSPS) is 16.3. The maximum Gasteiger partial charge on any atom is 0.221 e. The molecule has 1 aromatic rings. The van der Waals surface area contributed by atoms with Crippen LogP contribution in [0.3, 0.4) is 0 Å². The van der Waals surface area contributed by atoms with Crippen molar-refractivity contribution in [3.8, 4) is 11.8 Å². The van der Waals surface area contributed by atoms with E-state index in [9.17, 15) is 4.79 Å². The van der Waals surface area contributed by atoms with Crippen LogP contribution in [-0.4, -0.2) is 37.6 Å². The number of benzene rings is 1. The summed E-state index contributed by atoms with van der Waals surface area (Å²) in [7, 11) is 1.56. The van der Waals surface area contributed by atoms with E-state index < -0.39 is 0 Å². The Kier molecular flexibility index (Phi) is 4.37. The van der Waals surface area contributed by atoms with Crippen molar-refractivity contribution in [3.05, 3.63) is 29.3 Å². The van der Waals surface area contributed by atoms with Gasteiger partial charge in [-0.2, -0.15) is 5.26 Å². The summed E-state index contributed by atoms with van der Waals surface area (Å²) in [5.41, 5.74) is 1.61. The maximum absolute atomic E-state index is 11.3. The summed E-state index contributed by atoms with van der Waals surface area (Å²) in [5.74, 6) is 0.703. The monoisotopic (exact) mass is 259 g/mol. The van der Waals surface area contributed by atoms with Gasteiger partial charge in [-0.3, -0.25) is 9.69 Å². The van der Waals surface area contributed by atoms with E-state index in [-0.39, 0.29) is 5.91 Å². The lowest BCUT2D eigenvalue weighted by Gasteiger charge is -2.19. The molecule has 1 aliphatic rings. The fourth-order valence-corrected chi connectivity index (χ4v) is 2.17. The van der Waals surface area contributed by atoms with Crippen LogP contribution in [0.5, 0.6) is 5.75 Å². The second-order valence-corrected chi connectivity index (χ2v) is 4.52. The Labute approximate surface area is 112 Å². The molecular weight excluding hydrogens is 242 g/mol. The SMILES string of the molecule is COc1ccc(CN2CCNC(=O)CC2)cc1C#N. The van der Waals surface area contributed by atoms with Crippen LogP contribution in [0.4, 0.5) is 0 Å². The van der Waals surface area contributed by atoms with Crippen molar-refractivity contribution < 1.29 is 9.53 Å². The first-order valence-corrected chi connectivity index (χ1v) is 6.29. The van der Waals surface area contributed by atoms with Crippen molar-refractivity contribution in [2.45, 2.75) is 13.0 Å². The molecule has 0 bridgehead atoms. The second-order valence-electron chi connectivity index (χ2n) is 4.52. The summed E-state index contributed by atoms with van der Waals surface area (Å²) >= 11 is 0. The molecule has 0 aromatic heterocycles. The van der Waals surface area contributed by atoms with E-state index in [4.69, 9.17) is 10.00 Å². The van der Waals surface area contributed by atoms with Gasteiger partial charge >= 0.3 is 0 Å². The van der Waals surface area contributed by atoms with Crippen LogP contribution < -0.4 is 10.1 Å². The Morgan fingerprint density at radius 1 is 1.47 bits per heavy atom. The smallest absolute Gasteiger partial charge is 0.221 e. The molecule has 2 rings (SSSR count). The molecule has 1 amide bonds. The molecule has 0 atom stereocenters. The Morgan fingerprint density at radius 3 is 3.05 bits per heavy atom. The topological polar surface area (TPSA) is 65.4 Å². The van der Waals surface area contributed by atoms with Crippen molar-refractivity contribution in [2.24, 2.45) is 0 Å². The van der Waals surface area contributed by atoms with Crippen molar-refractivity contribution in [2.75, 3.05) is 26.7 Å². The number of amides is 1. The Bertz CT molecular complexity index is 508. The number of nitriles is 1. The summed E-state index contributed by atoms with van der Waals surface area (Å²) in [4.78, 5) is 13.5. The van der Waals surface area contributed by atoms with E-state index in [2.05, 4.69) is 16.3 Å². The van der Waals surface area contributed by atoms with E-state index >= 15 is 0 Å². The molecule has 100 valence electrons. The first-order valence-electron chi connectivity index (χ1n) is 6.29. The third-order valence-electron chi connectivity index (χ3n) is 3.20. The van der Waals surface area contributed by atoms with Crippen LogP contribution in [-0.2, 0) is 11.3 Å². The maximum atomic E-state index is 11.3. The highest BCUT2D eigenvalue weighted by molar-refractivity contribution is 5.76. The van der Waals surface area contributed by atoms with Gasteiger partial charge in [-0.1, -0.05) is 6.07 Å². The van der Waals surface area contributed by atoms with Crippen LogP contribution in [0, 0.1) is 11.3 Å². The van der Waals surface area contributed by atoms with Crippen molar-refractivity contribution in [1.82, 2.24) is 10.2 Å². The molecule has 0 spiro atoms. The second kappa shape index (κ2) is 6.21. The fourth-order valence-electron chi connectivity index (χ4n) is 2.17. The van der Waals surface area contributed by atoms with Gasteiger partial charge in [-0.25, -0.2) is 0 Å². The van der Waals surface area contributed by atoms with Gasteiger partial charge in [-0.15, -0.1) is 0 Å². The molecule has 1 N–H and O–H groups in total. The van der Waals surface area contributed by atoms with Crippen molar-refractivity contribution in [1.29, 1.82) is 5.26 Å². The third-order valence-corrected chi connectivity index (χ3v) is 3.20. The number of methoxy groups -OCH3 is 1. The van der Waals surface area contributed by atoms with Gasteiger partial charge in [0, 0.05) is 32.6 Å². The van der Waals surface area contributed by atoms with Crippen molar-refractivity contribution >= 4 is 5.91 Å². The highest BCUT2D eigenvalue weighted by Gasteiger charge is 2.14. The number of rotatable bonds is 3. The molecule has 1 saturated heterocycles. The molecule has 0 saturated carbocycles. The summed E-state index contributed by atoms with van der Waals surface area (Å²) in [6.07, 6.45) is 0.529. The minimum absolute atomic E-state index is 0.106. The highest BCUT2D eigenvalue weighted by atomic mass is 16.5. The molecule has 1 aromatic carbocycles. The average molecular weight is 259 g/mol. The highest BCUT2D eigenvalue weighted by Crippen LogP contribution is 2.19. The molecule has 0 aliphatic carbocycles. The lowest BCUT2D eigenvalue weighted by atomic mass is 10.1. The van der Waals surface area contributed by atoms with Gasteiger partial charge in [0.25, 0.3) is 0 Å². The van der Waals surface area contributed by atoms with E-state index in [1.54, 1.807) is 7.11 Å². The molecule has 0 unspecified atom stereocenters. The zero-order chi connectivity index (χ0) is 13.7. The summed E-state index contributed by atoms with van der Waals surface area (Å²) in [6.45, 7) is 3.01. The standard InChI is InChI=1S/C14H17N3O2/c1-19-13-3-2-11(8-12(13)9-15)10-17-6-4-14(18)16-5-7-17/h2-3,8H,4-7,10H2,1H3,(H,16,18). The Hall–Kier alpha value is -2.06. The van der Waals surface area contributed by atoms with Gasteiger partial charge in [0.05, 0.1) is 12.7 Å². The lowest BCUT2D eigenvalue weighted by molar-refractivity contribution is -0.120. The minimum Gasteiger partial charge on any atom is -0.495 e. The number of ether oxygens (including phenoxy) is 1. The largest absolute Gasteiger partial charge is 0.495 e. The average Bonchev–Trinajstić information content (AvgIpc) is 2.63. The molecular formula is C14H17N3O2. The molecule has 1 aliphatic heterocycles. The van der Waals surface area contributed by atoms with Crippen LogP contribution in [0.2, 0.25) is 0 Å². The van der Waals surface area contributed by atoms with Crippen LogP contribution >= 0.6 is 0 Å². The first-order chi connectivity index (χ1) is 9.22. The predicted octanol–water partition coefficient (Wildman–Crippen LogP) is 0.889. The van der Waals surface area contributed by atoms with Gasteiger partial charge in [0.15, 0.2) is 0 Å². The molecule has 1 fully saturated rings. The number of hydrogen-bond donors (Lipinski definition) is 1. The van der Waals surface area contributed by atoms with Crippen molar-refractivity contribution in [3.63, 3.8) is 0 Å². The zero-order valence-corrected chi connectivity index (χ0v) is 11.0. The predicted molar refractivity (Wildman–Crippen MR) is 70.6 cm³/mol. The minimum atomic E-state index is 0.106. The van der Waals surface area contributed by atoms with Crippen LogP contribution in [0.15, 0.2) is 18.2 Å². The summed E-state index contributed by atoms with van der Waals surface area (Å²) in [5, 5.41) is 11.9. The number of carbonyl (C=O) groups excluding carboxylic acids is 1. The van der Waals surface area contributed by atoms with Crippen LogP contribution in [0.1, 0.15) is 17.5 Å². The van der Waals surface area contributed by atoms with E-state index in [1.165, 1.54) is 0 Å². The summed E-state index contributed by atoms with van der Waals surface area (Å²) < 4.78 is 5.12. The van der Waals surface area contributed by atoms with E-state index in [0.29, 0.717) is 24.3 Å². The number of nitrogens with one attached hydrogen (secondary N) is 1. The number of carbonyl (C=O) groups is 1. The van der Waals surface area contributed by atoms with Crippen LogP contribution in [0.25, 0.3) is 0 Å². The van der Waals surface area contributed by atoms with E-state index in [0.717, 1.165) is 25.2 Å². The molecule has 19 heavy (non-hydrogen) atoms. The Balaban J connectivity index is 2.06. The van der Waals surface area contributed by atoms with Gasteiger partial charge < -0.3 is 10.1 Å². The third kappa shape index (κ3) is 3.46. The fraction of sp³-hybridized carbons (Fsp3) is 0.429. The number of nitrogens with zero attached hydrogens (tertiary/aromatic N) is 2. The molecule has 5 nitrogen and oxygen atoms in total. The van der Waals surface area contributed by atoms with E-state index in [1.807, 2.05) is 18.2 Å². The molecule has 0 radical (unpaired) electrons. The summed E-state index contributed by atoms with van der Waals surface area (Å²) in [6, 6.07) is 7.75. The number of hydrogen-bond acceptors (Lipinski definition) is 4. The Morgan fingerprint density at radius 2 is 2.32 bits per heavy atom. The lowest BCUT2D eigenvalue weighted by Crippen LogP contribution is -2.28. The molecule has 1 heterocycles. The molecule has 5 heteroatoms. The quantitative estimate of drug-likeness (QED) is 0.875. The first kappa shape index (κ1) is 13.4. The van der Waals surface area contributed by atoms with Gasteiger partial charge in [-0.05, 0) is 17.7 Å². The van der Waals surface area contributed by atoms with Gasteiger partial charge in [0.1, 0.15) is 11.8 Å². The van der Waals surface area contributed by atoms with Gasteiger partial charge in [0.2, 0.25) is 5.91 Å². The zero-order valence-electron chi connectivity index (χ0n) is 11.0.